The minimum absolute atomic E-state index is 0.0113. The van der Waals surface area contributed by atoms with Crippen molar-refractivity contribution in [2.75, 3.05) is 13.7 Å². The summed E-state index contributed by atoms with van der Waals surface area (Å²) in [6, 6.07) is 8.65. The molecular formula is C27H24BrF2N5O2S. The van der Waals surface area contributed by atoms with Crippen LogP contribution in [-0.2, 0) is 6.54 Å². The number of halogens is 3. The zero-order chi connectivity index (χ0) is 26.6. The number of aromatic nitrogens is 4. The lowest BCUT2D eigenvalue weighted by molar-refractivity contribution is 0.0704. The molecule has 0 N–H and O–H groups in total. The minimum atomic E-state index is -0.669. The van der Waals surface area contributed by atoms with Crippen molar-refractivity contribution in [3.63, 3.8) is 0 Å². The molecule has 2 aromatic carbocycles. The number of aryl methyl sites for hydroxylation is 1. The Labute approximate surface area is 230 Å². The zero-order valence-corrected chi connectivity index (χ0v) is 23.2. The molecule has 1 aliphatic heterocycles. The molecule has 7 nitrogen and oxygen atoms in total. The normalized spacial score (nSPS) is 17.8. The molecule has 4 aromatic rings. The molecule has 2 fully saturated rings. The van der Waals surface area contributed by atoms with Gasteiger partial charge in [0.2, 0.25) is 0 Å². The molecule has 38 heavy (non-hydrogen) atoms. The van der Waals surface area contributed by atoms with Gasteiger partial charge in [0.1, 0.15) is 17.4 Å². The highest BCUT2D eigenvalue weighted by atomic mass is 79.9. The Morgan fingerprint density at radius 2 is 2.03 bits per heavy atom. The van der Waals surface area contributed by atoms with Crippen LogP contribution in [0.25, 0.3) is 11.1 Å². The van der Waals surface area contributed by atoms with Gasteiger partial charge < -0.3 is 9.64 Å². The minimum Gasteiger partial charge on any atom is -0.497 e. The van der Waals surface area contributed by atoms with E-state index in [1.165, 1.54) is 31.4 Å². The molecule has 2 aromatic heterocycles. The maximum absolute atomic E-state index is 15.2. The van der Waals surface area contributed by atoms with E-state index in [0.717, 1.165) is 39.4 Å². The Balaban J connectivity index is 1.21. The van der Waals surface area contributed by atoms with Crippen LogP contribution >= 0.6 is 27.3 Å². The number of hydrogen-bond donors (Lipinski definition) is 0. The summed E-state index contributed by atoms with van der Waals surface area (Å²) in [7, 11) is 1.45. The molecule has 3 heterocycles. The Morgan fingerprint density at radius 3 is 2.68 bits per heavy atom. The van der Waals surface area contributed by atoms with Gasteiger partial charge in [-0.05, 0) is 71.9 Å². The third-order valence-corrected chi connectivity index (χ3v) is 9.08. The van der Waals surface area contributed by atoms with E-state index < -0.39 is 11.6 Å². The van der Waals surface area contributed by atoms with Crippen molar-refractivity contribution >= 4 is 33.2 Å². The number of nitrogens with zero attached hydrogens (tertiary/aromatic N) is 5. The Bertz CT molecular complexity index is 1550. The predicted octanol–water partition coefficient (Wildman–Crippen LogP) is 5.97. The first-order chi connectivity index (χ1) is 18.3. The fourth-order valence-corrected chi connectivity index (χ4v) is 7.09. The van der Waals surface area contributed by atoms with E-state index in [9.17, 15) is 9.18 Å². The number of methoxy groups -OCH3 is 1. The van der Waals surface area contributed by atoms with Crippen LogP contribution in [0.2, 0.25) is 0 Å². The molecule has 196 valence electrons. The molecule has 1 atom stereocenters. The molecule has 0 radical (unpaired) electrons. The summed E-state index contributed by atoms with van der Waals surface area (Å²) < 4.78 is 37.4. The van der Waals surface area contributed by atoms with Gasteiger partial charge in [-0.1, -0.05) is 11.3 Å². The smallest absolute Gasteiger partial charge is 0.257 e. The van der Waals surface area contributed by atoms with E-state index in [2.05, 4.69) is 31.2 Å². The lowest BCUT2D eigenvalue weighted by Crippen LogP contribution is -2.39. The second kappa shape index (κ2) is 9.53. The van der Waals surface area contributed by atoms with Gasteiger partial charge in [0.15, 0.2) is 3.92 Å². The molecule has 1 spiro atoms. The fraction of sp³-hybridized carbons (Fsp3) is 0.333. The number of thiazole rings is 1. The number of carbonyl (C=O) groups excluding carboxylic acids is 1. The van der Waals surface area contributed by atoms with Gasteiger partial charge in [-0.15, -0.1) is 16.4 Å². The molecule has 2 aliphatic rings. The van der Waals surface area contributed by atoms with Crippen molar-refractivity contribution in [3.8, 4) is 16.9 Å². The molecule has 1 saturated heterocycles. The van der Waals surface area contributed by atoms with E-state index in [0.29, 0.717) is 24.4 Å². The van der Waals surface area contributed by atoms with Crippen molar-refractivity contribution in [1.82, 2.24) is 24.9 Å². The van der Waals surface area contributed by atoms with Crippen molar-refractivity contribution in [1.29, 1.82) is 0 Å². The highest BCUT2D eigenvalue weighted by Gasteiger charge is 2.60. The molecule has 1 aliphatic carbocycles. The van der Waals surface area contributed by atoms with Gasteiger partial charge in [-0.3, -0.25) is 4.79 Å². The molecule has 1 saturated carbocycles. The molecule has 11 heteroatoms. The van der Waals surface area contributed by atoms with E-state index in [4.69, 9.17) is 4.74 Å². The van der Waals surface area contributed by atoms with Gasteiger partial charge in [0, 0.05) is 35.2 Å². The summed E-state index contributed by atoms with van der Waals surface area (Å²) in [5.74, 6) is -1.12. The molecule has 1 amide bonds. The van der Waals surface area contributed by atoms with Crippen molar-refractivity contribution < 1.29 is 18.3 Å². The number of rotatable bonds is 6. The highest BCUT2D eigenvalue weighted by Crippen LogP contribution is 2.57. The van der Waals surface area contributed by atoms with Crippen LogP contribution in [-0.4, -0.2) is 50.0 Å². The van der Waals surface area contributed by atoms with Crippen LogP contribution in [0.4, 0.5) is 8.78 Å². The predicted molar refractivity (Wildman–Crippen MR) is 142 cm³/mol. The first kappa shape index (κ1) is 25.1. The number of amides is 1. The van der Waals surface area contributed by atoms with E-state index >= 15 is 4.39 Å². The van der Waals surface area contributed by atoms with Gasteiger partial charge in [-0.25, -0.2) is 18.4 Å². The number of ether oxygens (including phenoxy) is 1. The summed E-state index contributed by atoms with van der Waals surface area (Å²) in [6.45, 7) is 3.06. The number of benzene rings is 2. The topological polar surface area (TPSA) is 73.1 Å². The van der Waals surface area contributed by atoms with Gasteiger partial charge >= 0.3 is 0 Å². The molecular weight excluding hydrogens is 576 g/mol. The third kappa shape index (κ3) is 4.31. The van der Waals surface area contributed by atoms with Crippen molar-refractivity contribution in [3.05, 3.63) is 80.0 Å². The molecule has 0 bridgehead atoms. The second-order valence-electron chi connectivity index (χ2n) is 9.75. The van der Waals surface area contributed by atoms with E-state index in [1.807, 2.05) is 13.1 Å². The summed E-state index contributed by atoms with van der Waals surface area (Å²) in [5.41, 5.74) is 2.00. The number of likely N-dealkylation sites (tertiary alicyclic amines) is 1. The molecule has 1 unspecified atom stereocenters. The quantitative estimate of drug-likeness (QED) is 0.273. The average Bonchev–Trinajstić information content (AvgIpc) is 3.21. The SMILES string of the molecule is COc1ccc(-c2ccc(C(=O)N3CCC(c4cn(Cc5nc(Br)sc5C)nn4)C34CC4)c(F)c2)c(F)c1. The fourth-order valence-electron chi connectivity index (χ4n) is 5.51. The number of carbonyl (C=O) groups is 1. The van der Waals surface area contributed by atoms with Gasteiger partial charge in [-0.2, -0.15) is 0 Å². The van der Waals surface area contributed by atoms with Crippen molar-refractivity contribution in [2.24, 2.45) is 0 Å². The van der Waals surface area contributed by atoms with Crippen LogP contribution in [0.3, 0.4) is 0 Å². The Hall–Kier alpha value is -3.18. The summed E-state index contributed by atoms with van der Waals surface area (Å²) in [4.78, 5) is 20.9. The van der Waals surface area contributed by atoms with Crippen molar-refractivity contribution in [2.45, 2.75) is 44.2 Å². The highest BCUT2D eigenvalue weighted by molar-refractivity contribution is 9.11. The van der Waals surface area contributed by atoms with Crippen LogP contribution in [0, 0.1) is 18.6 Å². The van der Waals surface area contributed by atoms with Gasteiger partial charge in [0.05, 0.1) is 36.1 Å². The first-order valence-electron chi connectivity index (χ1n) is 12.3. The first-order valence-corrected chi connectivity index (χ1v) is 13.9. The summed E-state index contributed by atoms with van der Waals surface area (Å²) >= 11 is 5.00. The third-order valence-electron chi connectivity index (χ3n) is 7.61. The molecule has 6 rings (SSSR count). The lowest BCUT2D eigenvalue weighted by atomic mass is 9.94. The monoisotopic (exact) mass is 599 g/mol. The van der Waals surface area contributed by atoms with Crippen LogP contribution in [0.1, 0.15) is 51.8 Å². The largest absolute Gasteiger partial charge is 0.497 e. The van der Waals surface area contributed by atoms with Gasteiger partial charge in [0.25, 0.3) is 5.91 Å². The maximum atomic E-state index is 15.2. The Morgan fingerprint density at radius 1 is 1.21 bits per heavy atom. The van der Waals surface area contributed by atoms with E-state index in [-0.39, 0.29) is 28.5 Å². The van der Waals surface area contributed by atoms with Crippen LogP contribution in [0.5, 0.6) is 5.75 Å². The standard InChI is InChI=1S/C27H24BrF2N5O2S/c1-15-23(31-26(28)38-15)13-34-14-24(32-33-34)20-7-10-35(27(20)8-9-27)25(36)19-5-3-16(11-21(19)29)18-6-4-17(37-2)12-22(18)30/h3-6,11-12,14,20H,7-10,13H2,1-2H3. The lowest BCUT2D eigenvalue weighted by Gasteiger charge is -2.27. The second-order valence-corrected chi connectivity index (χ2v) is 12.2. The van der Waals surface area contributed by atoms with Crippen LogP contribution < -0.4 is 4.74 Å². The maximum Gasteiger partial charge on any atom is 0.257 e. The Kier molecular flexibility index (Phi) is 6.30. The zero-order valence-electron chi connectivity index (χ0n) is 20.7. The summed E-state index contributed by atoms with van der Waals surface area (Å²) in [6.07, 6.45) is 4.35. The van der Waals surface area contributed by atoms with E-state index in [1.54, 1.807) is 33.1 Å². The van der Waals surface area contributed by atoms with Crippen LogP contribution in [0.15, 0.2) is 46.5 Å². The average molecular weight is 600 g/mol. The number of hydrogen-bond acceptors (Lipinski definition) is 6. The summed E-state index contributed by atoms with van der Waals surface area (Å²) in [5, 5.41) is 8.75.